The Morgan fingerprint density at radius 1 is 1.04 bits per heavy atom. The van der Waals surface area contributed by atoms with Crippen molar-refractivity contribution in [1.29, 1.82) is 0 Å². The maximum absolute atomic E-state index is 12.2. The van der Waals surface area contributed by atoms with Gasteiger partial charge in [-0.15, -0.1) is 0 Å². The Kier molecular flexibility index (Phi) is 6.71. The third-order valence-corrected chi connectivity index (χ3v) is 4.05. The van der Waals surface area contributed by atoms with Gasteiger partial charge in [-0.2, -0.15) is 0 Å². The van der Waals surface area contributed by atoms with E-state index in [1.54, 1.807) is 24.3 Å². The molecule has 0 saturated carbocycles. The van der Waals surface area contributed by atoms with Crippen LogP contribution in [0.1, 0.15) is 35.8 Å². The van der Waals surface area contributed by atoms with Gasteiger partial charge in [0, 0.05) is 17.2 Å². The van der Waals surface area contributed by atoms with Crippen LogP contribution in [0.25, 0.3) is 0 Å². The molecular weight excluding hydrogens is 316 g/mol. The molecule has 0 fully saturated rings. The number of carbonyl (C=O) groups excluding carboxylic acids is 2. The molecule has 0 aliphatic rings. The van der Waals surface area contributed by atoms with E-state index in [-0.39, 0.29) is 11.9 Å². The number of quaternary nitrogens is 1. The quantitative estimate of drug-likeness (QED) is 0.760. The van der Waals surface area contributed by atoms with Crippen molar-refractivity contribution in [2.24, 2.45) is 5.92 Å². The van der Waals surface area contributed by atoms with Gasteiger partial charge in [-0.25, -0.2) is 4.79 Å². The summed E-state index contributed by atoms with van der Waals surface area (Å²) in [4.78, 5) is 23.6. The average Bonchev–Trinajstić information content (AvgIpc) is 2.62. The molecule has 0 unspecified atom stereocenters. The number of benzene rings is 2. The molecule has 132 valence electrons. The van der Waals surface area contributed by atoms with Crippen LogP contribution in [0.3, 0.4) is 0 Å². The van der Waals surface area contributed by atoms with Gasteiger partial charge >= 0.3 is 5.97 Å². The van der Waals surface area contributed by atoms with Gasteiger partial charge in [-0.1, -0.05) is 44.2 Å². The van der Waals surface area contributed by atoms with Gasteiger partial charge in [0.15, 0.2) is 6.54 Å². The van der Waals surface area contributed by atoms with Crippen molar-refractivity contribution in [3.8, 4) is 0 Å². The van der Waals surface area contributed by atoms with Crippen LogP contribution in [0.15, 0.2) is 54.6 Å². The fourth-order valence-corrected chi connectivity index (χ4v) is 2.72. The van der Waals surface area contributed by atoms with Crippen LogP contribution in [-0.4, -0.2) is 25.5 Å². The van der Waals surface area contributed by atoms with Crippen LogP contribution in [0.2, 0.25) is 0 Å². The molecule has 2 aromatic rings. The average molecular weight is 341 g/mol. The normalized spacial score (nSPS) is 11.8. The van der Waals surface area contributed by atoms with Crippen molar-refractivity contribution >= 4 is 17.6 Å². The minimum Gasteiger partial charge on any atom is -0.465 e. The third kappa shape index (κ3) is 5.43. The lowest BCUT2D eigenvalue weighted by molar-refractivity contribution is -0.692. The molecule has 0 saturated heterocycles. The highest BCUT2D eigenvalue weighted by Gasteiger charge is 2.20. The highest BCUT2D eigenvalue weighted by atomic mass is 16.5. The number of nitrogens with two attached hydrogens (primary N) is 1. The summed E-state index contributed by atoms with van der Waals surface area (Å²) in [5.41, 5.74) is 2.33. The highest BCUT2D eigenvalue weighted by Crippen LogP contribution is 2.16. The number of nitrogens with one attached hydrogen (secondary N) is 1. The molecule has 0 aromatic heterocycles. The standard InChI is InChI=1S/C20H24N2O3/c1-14(2)19(15-7-5-4-6-8-15)21-13-18(23)22-17-11-9-16(10-12-17)20(24)25-3/h4-12,14,19,21H,13H2,1-3H3,(H,22,23)/p+1/t19-/m0/s1. The van der Waals surface area contributed by atoms with Crippen LogP contribution >= 0.6 is 0 Å². The van der Waals surface area contributed by atoms with Crippen molar-refractivity contribution in [2.45, 2.75) is 19.9 Å². The molecular formula is C20H25N2O3+. The van der Waals surface area contributed by atoms with Crippen LogP contribution in [0.5, 0.6) is 0 Å². The fourth-order valence-electron chi connectivity index (χ4n) is 2.72. The second-order valence-electron chi connectivity index (χ2n) is 6.24. The number of esters is 1. The number of rotatable bonds is 7. The zero-order valence-corrected chi connectivity index (χ0v) is 14.9. The van der Waals surface area contributed by atoms with Crippen molar-refractivity contribution in [3.63, 3.8) is 0 Å². The molecule has 0 aliphatic carbocycles. The Bertz CT molecular complexity index is 697. The smallest absolute Gasteiger partial charge is 0.337 e. The summed E-state index contributed by atoms with van der Waals surface area (Å²) in [6, 6.07) is 17.1. The summed E-state index contributed by atoms with van der Waals surface area (Å²) < 4.78 is 4.66. The number of carbonyl (C=O) groups is 2. The zero-order chi connectivity index (χ0) is 18.2. The second-order valence-corrected chi connectivity index (χ2v) is 6.24. The lowest BCUT2D eigenvalue weighted by atomic mass is 9.96. The Morgan fingerprint density at radius 2 is 1.68 bits per heavy atom. The van der Waals surface area contributed by atoms with Gasteiger partial charge in [-0.3, -0.25) is 4.79 Å². The summed E-state index contributed by atoms with van der Waals surface area (Å²) >= 11 is 0. The lowest BCUT2D eigenvalue weighted by Crippen LogP contribution is -2.88. The number of methoxy groups -OCH3 is 1. The molecule has 2 aromatic carbocycles. The van der Waals surface area contributed by atoms with E-state index in [2.05, 4.69) is 41.4 Å². The Morgan fingerprint density at radius 3 is 2.24 bits per heavy atom. The number of amides is 1. The molecule has 0 spiro atoms. The maximum Gasteiger partial charge on any atom is 0.337 e. The third-order valence-electron chi connectivity index (χ3n) is 4.05. The van der Waals surface area contributed by atoms with Crippen molar-refractivity contribution in [3.05, 3.63) is 65.7 Å². The molecule has 0 radical (unpaired) electrons. The Labute approximate surface area is 148 Å². The minimum absolute atomic E-state index is 0.0765. The molecule has 1 atom stereocenters. The zero-order valence-electron chi connectivity index (χ0n) is 14.9. The predicted molar refractivity (Wildman–Crippen MR) is 97.2 cm³/mol. The number of anilines is 1. The van der Waals surface area contributed by atoms with Gasteiger partial charge in [0.05, 0.1) is 12.7 Å². The van der Waals surface area contributed by atoms with Crippen molar-refractivity contribution < 1.29 is 19.6 Å². The van der Waals surface area contributed by atoms with E-state index in [0.717, 1.165) is 0 Å². The number of ether oxygens (including phenoxy) is 1. The Balaban J connectivity index is 1.92. The fraction of sp³-hybridized carbons (Fsp3) is 0.300. The topological polar surface area (TPSA) is 72.0 Å². The molecule has 0 aliphatic heterocycles. The van der Waals surface area contributed by atoms with E-state index in [4.69, 9.17) is 0 Å². The molecule has 1 amide bonds. The molecule has 25 heavy (non-hydrogen) atoms. The van der Waals surface area contributed by atoms with Gasteiger partial charge in [0.1, 0.15) is 6.04 Å². The van der Waals surface area contributed by atoms with Crippen LogP contribution < -0.4 is 10.6 Å². The van der Waals surface area contributed by atoms with Crippen LogP contribution in [0.4, 0.5) is 5.69 Å². The van der Waals surface area contributed by atoms with E-state index >= 15 is 0 Å². The molecule has 5 nitrogen and oxygen atoms in total. The molecule has 2 rings (SSSR count). The van der Waals surface area contributed by atoms with Gasteiger partial charge in [-0.05, 0) is 24.3 Å². The van der Waals surface area contributed by atoms with E-state index in [1.165, 1.54) is 12.7 Å². The Hall–Kier alpha value is -2.66. The summed E-state index contributed by atoms with van der Waals surface area (Å²) in [6.45, 7) is 4.63. The molecule has 5 heteroatoms. The molecule has 0 bridgehead atoms. The van der Waals surface area contributed by atoms with E-state index in [0.29, 0.717) is 23.7 Å². The first-order valence-electron chi connectivity index (χ1n) is 8.37. The SMILES string of the molecule is COC(=O)c1ccc(NC(=O)C[NH2+][C@H](c2ccccc2)C(C)C)cc1. The van der Waals surface area contributed by atoms with Crippen molar-refractivity contribution in [1.82, 2.24) is 0 Å². The molecule has 3 N–H and O–H groups in total. The summed E-state index contributed by atoms with van der Waals surface area (Å²) in [5.74, 6) is -0.0595. The predicted octanol–water partition coefficient (Wildman–Crippen LogP) is 2.37. The van der Waals surface area contributed by atoms with E-state index in [9.17, 15) is 9.59 Å². The number of hydrogen-bond acceptors (Lipinski definition) is 3. The van der Waals surface area contributed by atoms with Gasteiger partial charge in [0.2, 0.25) is 0 Å². The van der Waals surface area contributed by atoms with Gasteiger partial charge in [0.25, 0.3) is 5.91 Å². The summed E-state index contributed by atoms with van der Waals surface area (Å²) in [6.07, 6.45) is 0. The maximum atomic E-state index is 12.2. The first-order chi connectivity index (χ1) is 12.0. The minimum atomic E-state index is -0.395. The summed E-state index contributed by atoms with van der Waals surface area (Å²) in [5, 5.41) is 4.90. The van der Waals surface area contributed by atoms with Gasteiger partial charge < -0.3 is 15.4 Å². The van der Waals surface area contributed by atoms with Crippen molar-refractivity contribution in [2.75, 3.05) is 19.0 Å². The second kappa shape index (κ2) is 8.99. The van der Waals surface area contributed by atoms with E-state index < -0.39 is 5.97 Å². The molecule has 0 heterocycles. The first-order valence-corrected chi connectivity index (χ1v) is 8.37. The van der Waals surface area contributed by atoms with Crippen LogP contribution in [-0.2, 0) is 9.53 Å². The first kappa shape index (κ1) is 18.7. The summed E-state index contributed by atoms with van der Waals surface area (Å²) in [7, 11) is 1.34. The lowest BCUT2D eigenvalue weighted by Gasteiger charge is -2.19. The number of hydrogen-bond donors (Lipinski definition) is 2. The largest absolute Gasteiger partial charge is 0.465 e. The monoisotopic (exact) mass is 341 g/mol. The van der Waals surface area contributed by atoms with E-state index in [1.807, 2.05) is 18.2 Å². The highest BCUT2D eigenvalue weighted by molar-refractivity contribution is 5.93. The van der Waals surface area contributed by atoms with Crippen LogP contribution in [0, 0.1) is 5.92 Å².